The monoisotopic (exact) mass is 352 g/mol. The van der Waals surface area contributed by atoms with Gasteiger partial charge >= 0.3 is 0 Å². The fourth-order valence-electron chi connectivity index (χ4n) is 2.82. The van der Waals surface area contributed by atoms with Crippen LogP contribution >= 0.6 is 0 Å². The van der Waals surface area contributed by atoms with Crippen LogP contribution in [0.15, 0.2) is 48.5 Å². The third-order valence-corrected chi connectivity index (χ3v) is 4.35. The first kappa shape index (κ1) is 19.7. The number of carbonyl (C=O) groups excluding carboxylic acids is 2. The van der Waals surface area contributed by atoms with Crippen LogP contribution in [0.25, 0.3) is 0 Å². The van der Waals surface area contributed by atoms with E-state index in [0.29, 0.717) is 12.0 Å². The highest BCUT2D eigenvalue weighted by Crippen LogP contribution is 2.14. The van der Waals surface area contributed by atoms with Gasteiger partial charge in [0.05, 0.1) is 0 Å². The van der Waals surface area contributed by atoms with Crippen molar-refractivity contribution < 1.29 is 9.59 Å². The average Bonchev–Trinajstić information content (AvgIpc) is 2.61. The molecule has 2 N–H and O–H groups in total. The topological polar surface area (TPSA) is 58.2 Å². The molecule has 4 nitrogen and oxygen atoms in total. The first-order valence-corrected chi connectivity index (χ1v) is 9.17. The van der Waals surface area contributed by atoms with Gasteiger partial charge in [0.25, 0.3) is 5.91 Å². The van der Waals surface area contributed by atoms with E-state index in [2.05, 4.69) is 17.6 Å². The Morgan fingerprint density at radius 3 is 2.23 bits per heavy atom. The van der Waals surface area contributed by atoms with E-state index in [-0.39, 0.29) is 17.7 Å². The van der Waals surface area contributed by atoms with Crippen LogP contribution in [0.1, 0.15) is 48.7 Å². The average molecular weight is 352 g/mol. The summed E-state index contributed by atoms with van der Waals surface area (Å²) in [5.74, 6) is -0.125. The normalized spacial score (nSPS) is 11.9. The van der Waals surface area contributed by atoms with Gasteiger partial charge in [-0.2, -0.15) is 0 Å². The number of benzene rings is 2. The maximum atomic E-state index is 12.7. The summed E-state index contributed by atoms with van der Waals surface area (Å²) in [5, 5.41) is 5.81. The summed E-state index contributed by atoms with van der Waals surface area (Å²) in [5.41, 5.74) is 3.45. The first-order valence-electron chi connectivity index (χ1n) is 9.17. The van der Waals surface area contributed by atoms with E-state index in [9.17, 15) is 9.59 Å². The second kappa shape index (κ2) is 9.18. The fourth-order valence-corrected chi connectivity index (χ4v) is 2.82. The predicted molar refractivity (Wildman–Crippen MR) is 106 cm³/mol. The molecule has 0 radical (unpaired) electrons. The van der Waals surface area contributed by atoms with Crippen molar-refractivity contribution in [3.63, 3.8) is 0 Å². The molecule has 0 saturated heterocycles. The van der Waals surface area contributed by atoms with Crippen LogP contribution in [0, 0.1) is 12.8 Å². The number of aryl methyl sites for hydroxylation is 2. The third-order valence-electron chi connectivity index (χ3n) is 4.35. The Balaban J connectivity index is 2.11. The Kier molecular flexibility index (Phi) is 6.96. The van der Waals surface area contributed by atoms with Crippen LogP contribution in [-0.2, 0) is 11.2 Å². The molecule has 1 atom stereocenters. The van der Waals surface area contributed by atoms with Crippen molar-refractivity contribution in [3.8, 4) is 0 Å². The molecular weight excluding hydrogens is 324 g/mol. The van der Waals surface area contributed by atoms with Gasteiger partial charge in [-0.3, -0.25) is 9.59 Å². The highest BCUT2D eigenvalue weighted by Gasteiger charge is 2.23. The molecule has 0 spiro atoms. The lowest BCUT2D eigenvalue weighted by Gasteiger charge is -2.21. The van der Waals surface area contributed by atoms with Crippen LogP contribution in [-0.4, -0.2) is 17.9 Å². The van der Waals surface area contributed by atoms with Gasteiger partial charge in [0.2, 0.25) is 5.91 Å². The maximum absolute atomic E-state index is 12.7. The Morgan fingerprint density at radius 2 is 1.65 bits per heavy atom. The van der Waals surface area contributed by atoms with E-state index in [1.54, 1.807) is 6.07 Å². The SMILES string of the molecule is CCc1ccc(NC(=O)[C@H](CC(C)C)NC(=O)c2ccccc2C)cc1. The summed E-state index contributed by atoms with van der Waals surface area (Å²) in [6.45, 7) is 8.06. The Hall–Kier alpha value is -2.62. The van der Waals surface area contributed by atoms with Crippen LogP contribution in [0.2, 0.25) is 0 Å². The van der Waals surface area contributed by atoms with Crippen molar-refractivity contribution >= 4 is 17.5 Å². The van der Waals surface area contributed by atoms with E-state index in [0.717, 1.165) is 17.7 Å². The minimum atomic E-state index is -0.576. The van der Waals surface area contributed by atoms with E-state index >= 15 is 0 Å². The quantitative estimate of drug-likeness (QED) is 0.779. The van der Waals surface area contributed by atoms with Crippen molar-refractivity contribution in [2.45, 2.75) is 46.6 Å². The summed E-state index contributed by atoms with van der Waals surface area (Å²) in [4.78, 5) is 25.3. The Bertz CT molecular complexity index is 751. The molecule has 0 aromatic heterocycles. The molecule has 0 bridgehead atoms. The summed E-state index contributed by atoms with van der Waals surface area (Å²) < 4.78 is 0. The number of hydrogen-bond donors (Lipinski definition) is 2. The van der Waals surface area contributed by atoms with Gasteiger partial charge < -0.3 is 10.6 Å². The van der Waals surface area contributed by atoms with Crippen LogP contribution in [0.3, 0.4) is 0 Å². The Morgan fingerprint density at radius 1 is 1.00 bits per heavy atom. The van der Waals surface area contributed by atoms with Gasteiger partial charge in [-0.15, -0.1) is 0 Å². The molecule has 2 aromatic rings. The lowest BCUT2D eigenvalue weighted by Crippen LogP contribution is -2.44. The van der Waals surface area contributed by atoms with Crippen molar-refractivity contribution in [3.05, 3.63) is 65.2 Å². The lowest BCUT2D eigenvalue weighted by molar-refractivity contribution is -0.118. The molecule has 2 amide bonds. The van der Waals surface area contributed by atoms with Crippen molar-refractivity contribution in [1.82, 2.24) is 5.32 Å². The maximum Gasteiger partial charge on any atom is 0.252 e. The van der Waals surface area contributed by atoms with Gasteiger partial charge in [-0.25, -0.2) is 0 Å². The minimum Gasteiger partial charge on any atom is -0.340 e. The van der Waals surface area contributed by atoms with Crippen molar-refractivity contribution in [2.75, 3.05) is 5.32 Å². The molecule has 0 saturated carbocycles. The predicted octanol–water partition coefficient (Wildman–Crippen LogP) is 4.34. The van der Waals surface area contributed by atoms with E-state index in [1.165, 1.54) is 5.56 Å². The van der Waals surface area contributed by atoms with Crippen LogP contribution < -0.4 is 10.6 Å². The van der Waals surface area contributed by atoms with Crippen molar-refractivity contribution in [2.24, 2.45) is 5.92 Å². The number of rotatable bonds is 7. The number of anilines is 1. The van der Waals surface area contributed by atoms with E-state index in [1.807, 2.05) is 63.2 Å². The second-order valence-electron chi connectivity index (χ2n) is 7.01. The van der Waals surface area contributed by atoms with Crippen LogP contribution in [0.5, 0.6) is 0 Å². The Labute approximate surface area is 156 Å². The number of amides is 2. The minimum absolute atomic E-state index is 0.190. The number of nitrogens with one attached hydrogen (secondary N) is 2. The summed E-state index contributed by atoms with van der Waals surface area (Å²) in [6, 6.07) is 14.6. The zero-order chi connectivity index (χ0) is 19.1. The van der Waals surface area contributed by atoms with Gasteiger partial charge in [0.1, 0.15) is 6.04 Å². The molecule has 0 heterocycles. The summed E-state index contributed by atoms with van der Waals surface area (Å²) >= 11 is 0. The molecule has 0 unspecified atom stereocenters. The third kappa shape index (κ3) is 5.45. The largest absolute Gasteiger partial charge is 0.340 e. The summed E-state index contributed by atoms with van der Waals surface area (Å²) in [7, 11) is 0. The van der Waals surface area contributed by atoms with Gasteiger partial charge in [-0.1, -0.05) is 51.1 Å². The summed E-state index contributed by atoms with van der Waals surface area (Å²) in [6.07, 6.45) is 1.53. The molecular formula is C22H28N2O2. The lowest BCUT2D eigenvalue weighted by atomic mass is 10.0. The molecule has 0 aliphatic rings. The number of carbonyl (C=O) groups is 2. The molecule has 26 heavy (non-hydrogen) atoms. The van der Waals surface area contributed by atoms with Crippen LogP contribution in [0.4, 0.5) is 5.69 Å². The van der Waals surface area contributed by atoms with E-state index in [4.69, 9.17) is 0 Å². The molecule has 2 rings (SSSR count). The standard InChI is InChI=1S/C22H28N2O2/c1-5-17-10-12-18(13-11-17)23-22(26)20(14-15(2)3)24-21(25)19-9-7-6-8-16(19)4/h6-13,15,20H,5,14H2,1-4H3,(H,23,26)(H,24,25)/t20-/m0/s1. The highest BCUT2D eigenvalue weighted by molar-refractivity contribution is 6.01. The smallest absolute Gasteiger partial charge is 0.252 e. The van der Waals surface area contributed by atoms with Gasteiger partial charge in [-0.05, 0) is 55.0 Å². The zero-order valence-electron chi connectivity index (χ0n) is 16.0. The molecule has 0 aliphatic carbocycles. The first-order chi connectivity index (χ1) is 12.4. The molecule has 0 fully saturated rings. The molecule has 0 aliphatic heterocycles. The van der Waals surface area contributed by atoms with E-state index < -0.39 is 6.04 Å². The number of hydrogen-bond acceptors (Lipinski definition) is 2. The second-order valence-corrected chi connectivity index (χ2v) is 7.01. The molecule has 2 aromatic carbocycles. The van der Waals surface area contributed by atoms with Crippen molar-refractivity contribution in [1.29, 1.82) is 0 Å². The van der Waals surface area contributed by atoms with Gasteiger partial charge in [0, 0.05) is 11.3 Å². The van der Waals surface area contributed by atoms with Gasteiger partial charge in [0.15, 0.2) is 0 Å². The fraction of sp³-hybridized carbons (Fsp3) is 0.364. The highest BCUT2D eigenvalue weighted by atomic mass is 16.2. The molecule has 138 valence electrons. The molecule has 4 heteroatoms. The zero-order valence-corrected chi connectivity index (χ0v) is 16.0.